The van der Waals surface area contributed by atoms with Crippen LogP contribution in [-0.4, -0.2) is 18.2 Å². The van der Waals surface area contributed by atoms with Crippen molar-refractivity contribution in [2.24, 2.45) is 5.10 Å². The molecule has 0 spiro atoms. The number of carbonyl (C=O) groups is 1. The summed E-state index contributed by atoms with van der Waals surface area (Å²) >= 11 is 0. The third-order valence-electron chi connectivity index (χ3n) is 3.43. The largest absolute Gasteiger partial charge is 0.483 e. The van der Waals surface area contributed by atoms with Gasteiger partial charge in [0.05, 0.1) is 5.71 Å². The van der Waals surface area contributed by atoms with E-state index in [-0.39, 0.29) is 12.5 Å². The number of hydrogen-bond acceptors (Lipinski definition) is 3. The molecule has 4 nitrogen and oxygen atoms in total. The number of aryl methyl sites for hydroxylation is 2. The summed E-state index contributed by atoms with van der Waals surface area (Å²) in [7, 11) is 0. The molecule has 0 bridgehead atoms. The fourth-order valence-electron chi connectivity index (χ4n) is 2.17. The number of benzene rings is 2. The van der Waals surface area contributed by atoms with Gasteiger partial charge in [-0.3, -0.25) is 4.79 Å². The molecule has 2 rings (SSSR count). The van der Waals surface area contributed by atoms with Crippen molar-refractivity contribution in [2.75, 3.05) is 6.61 Å². The van der Waals surface area contributed by atoms with Crippen LogP contribution in [-0.2, 0) is 4.79 Å². The van der Waals surface area contributed by atoms with Gasteiger partial charge in [-0.05, 0) is 43.5 Å². The first-order valence-corrected chi connectivity index (χ1v) is 7.81. The lowest BCUT2D eigenvalue weighted by Crippen LogP contribution is -2.25. The van der Waals surface area contributed by atoms with E-state index in [1.54, 1.807) is 0 Å². The Kier molecular flexibility index (Phi) is 6.32. The summed E-state index contributed by atoms with van der Waals surface area (Å²) in [5.41, 5.74) is 6.30. The van der Waals surface area contributed by atoms with Crippen LogP contribution in [0.4, 0.5) is 0 Å². The Morgan fingerprint density at radius 1 is 1.08 bits per heavy atom. The van der Waals surface area contributed by atoms with Gasteiger partial charge in [-0.1, -0.05) is 54.6 Å². The van der Waals surface area contributed by atoms with E-state index in [4.69, 9.17) is 4.74 Å². The smallest absolute Gasteiger partial charge is 0.277 e. The highest BCUT2D eigenvalue weighted by atomic mass is 16.5. The second-order valence-corrected chi connectivity index (χ2v) is 5.54. The molecule has 0 saturated heterocycles. The number of hydrogen-bond donors (Lipinski definition) is 1. The standard InChI is InChI=1S/C20H22N2O2/c1-15-8-7-9-16(2)20(15)24-14-19(23)22-21-17(3)12-13-18-10-5-4-6-11-18/h4-13H,14H2,1-3H3,(H,22,23)/b13-12+,21-17-. The second-order valence-electron chi connectivity index (χ2n) is 5.54. The maximum absolute atomic E-state index is 11.9. The lowest BCUT2D eigenvalue weighted by molar-refractivity contribution is -0.123. The Bertz CT molecular complexity index is 729. The molecule has 4 heteroatoms. The normalized spacial score (nSPS) is 11.5. The third-order valence-corrected chi connectivity index (χ3v) is 3.43. The number of nitrogens with zero attached hydrogens (tertiary/aromatic N) is 1. The van der Waals surface area contributed by atoms with Gasteiger partial charge in [-0.25, -0.2) is 5.43 Å². The zero-order valence-corrected chi connectivity index (χ0v) is 14.2. The Labute approximate surface area is 142 Å². The molecule has 0 aliphatic heterocycles. The average molecular weight is 322 g/mol. The maximum atomic E-state index is 11.9. The Balaban J connectivity index is 1.85. The van der Waals surface area contributed by atoms with Gasteiger partial charge < -0.3 is 4.74 Å². The lowest BCUT2D eigenvalue weighted by Gasteiger charge is -2.10. The number of amides is 1. The monoisotopic (exact) mass is 322 g/mol. The molecule has 0 atom stereocenters. The van der Waals surface area contributed by atoms with Gasteiger partial charge in [0.1, 0.15) is 5.75 Å². The SMILES string of the molecule is CC(/C=C/c1ccccc1)=N/NC(=O)COc1c(C)cccc1C. The first-order chi connectivity index (χ1) is 11.6. The van der Waals surface area contributed by atoms with Crippen molar-refractivity contribution in [3.63, 3.8) is 0 Å². The topological polar surface area (TPSA) is 50.7 Å². The predicted molar refractivity (Wildman–Crippen MR) is 98.1 cm³/mol. The zero-order valence-electron chi connectivity index (χ0n) is 14.2. The van der Waals surface area contributed by atoms with Crippen LogP contribution in [0.3, 0.4) is 0 Å². The van der Waals surface area contributed by atoms with Gasteiger partial charge in [-0.15, -0.1) is 0 Å². The van der Waals surface area contributed by atoms with E-state index in [2.05, 4.69) is 10.5 Å². The van der Waals surface area contributed by atoms with Crippen LogP contribution >= 0.6 is 0 Å². The molecule has 0 aliphatic rings. The molecule has 0 aromatic heterocycles. The molecular formula is C20H22N2O2. The summed E-state index contributed by atoms with van der Waals surface area (Å²) < 4.78 is 5.59. The summed E-state index contributed by atoms with van der Waals surface area (Å²) in [6.45, 7) is 5.67. The number of para-hydroxylation sites is 1. The number of ether oxygens (including phenoxy) is 1. The molecule has 24 heavy (non-hydrogen) atoms. The fourth-order valence-corrected chi connectivity index (χ4v) is 2.17. The van der Waals surface area contributed by atoms with E-state index in [1.807, 2.05) is 81.5 Å². The Hall–Kier alpha value is -2.88. The van der Waals surface area contributed by atoms with Crippen LogP contribution in [0.2, 0.25) is 0 Å². The van der Waals surface area contributed by atoms with E-state index in [0.717, 1.165) is 22.4 Å². The zero-order chi connectivity index (χ0) is 17.4. The van der Waals surface area contributed by atoms with Gasteiger partial charge in [0.15, 0.2) is 6.61 Å². The van der Waals surface area contributed by atoms with Crippen LogP contribution in [0.25, 0.3) is 6.08 Å². The molecule has 0 unspecified atom stereocenters. The minimum Gasteiger partial charge on any atom is -0.483 e. The van der Waals surface area contributed by atoms with E-state index in [1.165, 1.54) is 0 Å². The highest BCUT2D eigenvalue weighted by Crippen LogP contribution is 2.21. The highest BCUT2D eigenvalue weighted by Gasteiger charge is 2.06. The molecular weight excluding hydrogens is 300 g/mol. The molecule has 1 amide bonds. The fraction of sp³-hybridized carbons (Fsp3) is 0.200. The van der Waals surface area contributed by atoms with Gasteiger partial charge >= 0.3 is 0 Å². The third kappa shape index (κ3) is 5.39. The highest BCUT2D eigenvalue weighted by molar-refractivity contribution is 5.97. The Morgan fingerprint density at radius 3 is 2.42 bits per heavy atom. The van der Waals surface area contributed by atoms with Crippen LogP contribution in [0.1, 0.15) is 23.6 Å². The van der Waals surface area contributed by atoms with Crippen molar-refractivity contribution in [3.8, 4) is 5.75 Å². The summed E-state index contributed by atoms with van der Waals surface area (Å²) in [5, 5.41) is 4.05. The molecule has 0 heterocycles. The van der Waals surface area contributed by atoms with Crippen LogP contribution < -0.4 is 10.2 Å². The van der Waals surface area contributed by atoms with E-state index >= 15 is 0 Å². The molecule has 124 valence electrons. The van der Waals surface area contributed by atoms with Crippen molar-refractivity contribution < 1.29 is 9.53 Å². The lowest BCUT2D eigenvalue weighted by atomic mass is 10.1. The summed E-state index contributed by atoms with van der Waals surface area (Å²) in [6.07, 6.45) is 3.79. The minimum absolute atomic E-state index is 0.0646. The molecule has 2 aromatic carbocycles. The van der Waals surface area contributed by atoms with Gasteiger partial charge in [0.2, 0.25) is 0 Å². The van der Waals surface area contributed by atoms with Crippen LogP contribution in [0.5, 0.6) is 5.75 Å². The summed E-state index contributed by atoms with van der Waals surface area (Å²) in [6, 6.07) is 15.8. The molecule has 0 saturated carbocycles. The predicted octanol–water partition coefficient (Wildman–Crippen LogP) is 3.89. The van der Waals surface area contributed by atoms with Crippen LogP contribution in [0.15, 0.2) is 59.7 Å². The van der Waals surface area contributed by atoms with Gasteiger partial charge in [0, 0.05) is 0 Å². The van der Waals surface area contributed by atoms with E-state index < -0.39 is 0 Å². The molecule has 0 fully saturated rings. The number of rotatable bonds is 6. The van der Waals surface area contributed by atoms with Crippen molar-refractivity contribution in [2.45, 2.75) is 20.8 Å². The van der Waals surface area contributed by atoms with Gasteiger partial charge in [0.25, 0.3) is 5.91 Å². The molecule has 2 aromatic rings. The van der Waals surface area contributed by atoms with Crippen molar-refractivity contribution in [1.82, 2.24) is 5.43 Å². The van der Waals surface area contributed by atoms with Crippen molar-refractivity contribution in [3.05, 3.63) is 71.3 Å². The maximum Gasteiger partial charge on any atom is 0.277 e. The summed E-state index contributed by atoms with van der Waals surface area (Å²) in [5.74, 6) is 0.461. The number of carbonyl (C=O) groups excluding carboxylic acids is 1. The van der Waals surface area contributed by atoms with E-state index in [9.17, 15) is 4.79 Å². The Morgan fingerprint density at radius 2 is 1.75 bits per heavy atom. The molecule has 0 radical (unpaired) electrons. The van der Waals surface area contributed by atoms with Crippen molar-refractivity contribution >= 4 is 17.7 Å². The molecule has 0 aliphatic carbocycles. The van der Waals surface area contributed by atoms with Crippen molar-refractivity contribution in [1.29, 1.82) is 0 Å². The number of nitrogens with one attached hydrogen (secondary N) is 1. The first kappa shape index (κ1) is 17.5. The first-order valence-electron chi connectivity index (χ1n) is 7.81. The van der Waals surface area contributed by atoms with E-state index in [0.29, 0.717) is 5.71 Å². The second kappa shape index (κ2) is 8.67. The quantitative estimate of drug-likeness (QED) is 0.648. The summed E-state index contributed by atoms with van der Waals surface area (Å²) in [4.78, 5) is 11.9. The number of hydrazone groups is 1. The minimum atomic E-state index is -0.287. The molecule has 1 N–H and O–H groups in total. The van der Waals surface area contributed by atoms with Crippen LogP contribution in [0, 0.1) is 13.8 Å². The number of allylic oxidation sites excluding steroid dienone is 1. The average Bonchev–Trinajstić information content (AvgIpc) is 2.58. The van der Waals surface area contributed by atoms with Gasteiger partial charge in [-0.2, -0.15) is 5.10 Å².